The summed E-state index contributed by atoms with van der Waals surface area (Å²) in [6, 6.07) is 3.99. The molecule has 0 radical (unpaired) electrons. The standard InChI is InChI=1S/C18H29BrN4O3/c1-4-20-18(21-6-8-23(2)7-5-9-24-3)22-12-14-10-15(19)17-16(11-14)25-13-26-17/h10-11H,4-9,12-13H2,1-3H3,(H2,20,21,22). The molecule has 1 aliphatic rings. The van der Waals surface area contributed by atoms with Gasteiger partial charge in [-0.25, -0.2) is 4.99 Å². The molecule has 1 heterocycles. The Hall–Kier alpha value is -1.51. The van der Waals surface area contributed by atoms with Crippen LogP contribution in [0.2, 0.25) is 0 Å². The van der Waals surface area contributed by atoms with E-state index in [2.05, 4.69) is 50.4 Å². The number of hydrogen-bond donors (Lipinski definition) is 2. The average Bonchev–Trinajstić information content (AvgIpc) is 3.09. The summed E-state index contributed by atoms with van der Waals surface area (Å²) in [5.74, 6) is 2.34. The summed E-state index contributed by atoms with van der Waals surface area (Å²) in [4.78, 5) is 6.94. The lowest BCUT2D eigenvalue weighted by Crippen LogP contribution is -2.41. The van der Waals surface area contributed by atoms with Crippen molar-refractivity contribution in [2.75, 3.05) is 53.7 Å². The predicted molar refractivity (Wildman–Crippen MR) is 107 cm³/mol. The first kappa shape index (κ1) is 20.8. The Labute approximate surface area is 164 Å². The summed E-state index contributed by atoms with van der Waals surface area (Å²) >= 11 is 3.52. The molecule has 7 nitrogen and oxygen atoms in total. The molecular formula is C18H29BrN4O3. The van der Waals surface area contributed by atoms with Gasteiger partial charge in [0.15, 0.2) is 17.5 Å². The van der Waals surface area contributed by atoms with Gasteiger partial charge in [0, 0.05) is 39.9 Å². The van der Waals surface area contributed by atoms with Gasteiger partial charge < -0.3 is 29.7 Å². The van der Waals surface area contributed by atoms with Crippen molar-refractivity contribution >= 4 is 21.9 Å². The second-order valence-electron chi connectivity index (χ2n) is 6.08. The van der Waals surface area contributed by atoms with E-state index in [1.165, 1.54) is 0 Å². The van der Waals surface area contributed by atoms with Gasteiger partial charge in [0.1, 0.15) is 0 Å². The Balaban J connectivity index is 1.83. The van der Waals surface area contributed by atoms with E-state index in [1.807, 2.05) is 12.1 Å². The SMILES string of the molecule is CCNC(=NCc1cc(Br)c2c(c1)OCO2)NCCN(C)CCCOC. The molecule has 0 fully saturated rings. The summed E-state index contributed by atoms with van der Waals surface area (Å²) in [7, 11) is 3.85. The van der Waals surface area contributed by atoms with Gasteiger partial charge in [0.25, 0.3) is 0 Å². The third-order valence-corrected chi connectivity index (χ3v) is 4.51. The third kappa shape index (κ3) is 6.66. The average molecular weight is 429 g/mol. The Morgan fingerprint density at radius 1 is 1.31 bits per heavy atom. The zero-order chi connectivity index (χ0) is 18.8. The fourth-order valence-electron chi connectivity index (χ4n) is 2.58. The van der Waals surface area contributed by atoms with Crippen LogP contribution in [-0.2, 0) is 11.3 Å². The van der Waals surface area contributed by atoms with Crippen molar-refractivity contribution in [3.63, 3.8) is 0 Å². The van der Waals surface area contributed by atoms with Crippen LogP contribution in [0.15, 0.2) is 21.6 Å². The molecule has 1 aliphatic heterocycles. The van der Waals surface area contributed by atoms with Crippen molar-refractivity contribution in [3.05, 3.63) is 22.2 Å². The zero-order valence-electron chi connectivity index (χ0n) is 15.8. The van der Waals surface area contributed by atoms with E-state index >= 15 is 0 Å². The minimum absolute atomic E-state index is 0.267. The van der Waals surface area contributed by atoms with Crippen LogP contribution in [0.25, 0.3) is 0 Å². The number of guanidine groups is 1. The normalized spacial score (nSPS) is 13.3. The molecule has 0 saturated carbocycles. The molecule has 0 saturated heterocycles. The largest absolute Gasteiger partial charge is 0.454 e. The second kappa shape index (κ2) is 11.3. The first-order chi connectivity index (χ1) is 12.6. The fraction of sp³-hybridized carbons (Fsp3) is 0.611. The van der Waals surface area contributed by atoms with Crippen LogP contribution in [-0.4, -0.2) is 64.6 Å². The first-order valence-electron chi connectivity index (χ1n) is 8.91. The highest BCUT2D eigenvalue weighted by molar-refractivity contribution is 9.10. The summed E-state index contributed by atoms with van der Waals surface area (Å²) in [6.45, 7) is 7.31. The van der Waals surface area contributed by atoms with Crippen molar-refractivity contribution in [1.29, 1.82) is 0 Å². The highest BCUT2D eigenvalue weighted by Crippen LogP contribution is 2.40. The van der Waals surface area contributed by atoms with E-state index in [0.717, 1.165) is 66.7 Å². The molecule has 2 rings (SSSR count). The molecule has 146 valence electrons. The number of likely N-dealkylation sites (N-methyl/N-ethyl adjacent to an activating group) is 1. The maximum atomic E-state index is 5.46. The summed E-state index contributed by atoms with van der Waals surface area (Å²) < 4.78 is 16.9. The molecule has 8 heteroatoms. The van der Waals surface area contributed by atoms with Crippen LogP contribution in [0.1, 0.15) is 18.9 Å². The fourth-order valence-corrected chi connectivity index (χ4v) is 3.18. The van der Waals surface area contributed by atoms with E-state index in [-0.39, 0.29) is 6.79 Å². The number of nitrogens with zero attached hydrogens (tertiary/aromatic N) is 2. The molecule has 0 unspecified atom stereocenters. The van der Waals surface area contributed by atoms with Crippen LogP contribution in [0, 0.1) is 0 Å². The Bertz CT molecular complexity index is 598. The Kier molecular flexibility index (Phi) is 9.00. The molecule has 0 amide bonds. The van der Waals surface area contributed by atoms with E-state index in [1.54, 1.807) is 7.11 Å². The van der Waals surface area contributed by atoms with Crippen LogP contribution >= 0.6 is 15.9 Å². The van der Waals surface area contributed by atoms with Gasteiger partial charge in [-0.1, -0.05) is 0 Å². The monoisotopic (exact) mass is 428 g/mol. The van der Waals surface area contributed by atoms with Gasteiger partial charge in [0.05, 0.1) is 11.0 Å². The minimum atomic E-state index is 0.267. The molecule has 26 heavy (non-hydrogen) atoms. The third-order valence-electron chi connectivity index (χ3n) is 3.93. The van der Waals surface area contributed by atoms with E-state index < -0.39 is 0 Å². The smallest absolute Gasteiger partial charge is 0.231 e. The molecule has 2 N–H and O–H groups in total. The van der Waals surface area contributed by atoms with Crippen molar-refractivity contribution in [3.8, 4) is 11.5 Å². The number of rotatable bonds is 10. The quantitative estimate of drug-likeness (QED) is 0.338. The maximum absolute atomic E-state index is 5.46. The Morgan fingerprint density at radius 2 is 2.15 bits per heavy atom. The highest BCUT2D eigenvalue weighted by atomic mass is 79.9. The maximum Gasteiger partial charge on any atom is 0.231 e. The number of benzene rings is 1. The van der Waals surface area contributed by atoms with E-state index in [4.69, 9.17) is 14.2 Å². The van der Waals surface area contributed by atoms with E-state index in [0.29, 0.717) is 6.54 Å². The molecular weight excluding hydrogens is 400 g/mol. The van der Waals surface area contributed by atoms with Crippen LogP contribution in [0.4, 0.5) is 0 Å². The summed E-state index contributed by atoms with van der Waals surface area (Å²) in [5, 5.41) is 6.66. The van der Waals surface area contributed by atoms with Gasteiger partial charge in [-0.05, 0) is 54.0 Å². The number of nitrogens with one attached hydrogen (secondary N) is 2. The molecule has 1 aromatic rings. The number of aliphatic imine (C=N–C) groups is 1. The zero-order valence-corrected chi connectivity index (χ0v) is 17.4. The number of halogens is 1. The Morgan fingerprint density at radius 3 is 2.92 bits per heavy atom. The minimum Gasteiger partial charge on any atom is -0.454 e. The lowest BCUT2D eigenvalue weighted by Gasteiger charge is -2.18. The number of hydrogen-bond acceptors (Lipinski definition) is 5. The highest BCUT2D eigenvalue weighted by Gasteiger charge is 2.17. The molecule has 0 spiro atoms. The van der Waals surface area contributed by atoms with Gasteiger partial charge >= 0.3 is 0 Å². The number of methoxy groups -OCH3 is 1. The van der Waals surface area contributed by atoms with Crippen molar-refractivity contribution in [2.45, 2.75) is 19.9 Å². The molecule has 0 atom stereocenters. The molecule has 1 aromatic carbocycles. The number of ether oxygens (including phenoxy) is 3. The van der Waals surface area contributed by atoms with Crippen LogP contribution in [0.5, 0.6) is 11.5 Å². The summed E-state index contributed by atoms with van der Waals surface area (Å²) in [6.07, 6.45) is 1.04. The lowest BCUT2D eigenvalue weighted by molar-refractivity contribution is 0.173. The predicted octanol–water partition coefficient (Wildman–Crippen LogP) is 2.20. The van der Waals surface area contributed by atoms with Crippen LogP contribution < -0.4 is 20.1 Å². The van der Waals surface area contributed by atoms with Crippen molar-refractivity contribution in [2.24, 2.45) is 4.99 Å². The topological polar surface area (TPSA) is 67.4 Å². The molecule has 0 aromatic heterocycles. The lowest BCUT2D eigenvalue weighted by atomic mass is 10.2. The van der Waals surface area contributed by atoms with Gasteiger partial charge in [-0.3, -0.25) is 0 Å². The van der Waals surface area contributed by atoms with Crippen LogP contribution in [0.3, 0.4) is 0 Å². The van der Waals surface area contributed by atoms with E-state index in [9.17, 15) is 0 Å². The molecule has 0 aliphatic carbocycles. The van der Waals surface area contributed by atoms with Gasteiger partial charge in [-0.15, -0.1) is 0 Å². The molecule has 0 bridgehead atoms. The second-order valence-corrected chi connectivity index (χ2v) is 6.94. The number of fused-ring (bicyclic) bond motifs is 1. The first-order valence-corrected chi connectivity index (χ1v) is 9.71. The van der Waals surface area contributed by atoms with Gasteiger partial charge in [-0.2, -0.15) is 0 Å². The van der Waals surface area contributed by atoms with Crippen molar-refractivity contribution < 1.29 is 14.2 Å². The van der Waals surface area contributed by atoms with Crippen molar-refractivity contribution in [1.82, 2.24) is 15.5 Å². The van der Waals surface area contributed by atoms with Gasteiger partial charge in [0.2, 0.25) is 6.79 Å². The summed E-state index contributed by atoms with van der Waals surface area (Å²) in [5.41, 5.74) is 1.06.